The van der Waals surface area contributed by atoms with E-state index in [1.807, 2.05) is 11.0 Å². The van der Waals surface area contributed by atoms with Crippen molar-refractivity contribution >= 4 is 38.8 Å². The fraction of sp³-hybridized carbons (Fsp3) is 0.450. The van der Waals surface area contributed by atoms with Gasteiger partial charge in [-0.2, -0.15) is 0 Å². The summed E-state index contributed by atoms with van der Waals surface area (Å²) in [4.78, 5) is 35.9. The lowest BCUT2D eigenvalue weighted by atomic mass is 9.97. The molecule has 3 aromatic heterocycles. The average molecular weight is 400 g/mol. The molecular weight excluding hydrogens is 378 g/mol. The van der Waals surface area contributed by atoms with Gasteiger partial charge in [-0.25, -0.2) is 4.98 Å². The Morgan fingerprint density at radius 3 is 3.00 bits per heavy atom. The number of rotatable bonds is 3. The van der Waals surface area contributed by atoms with Gasteiger partial charge in [-0.1, -0.05) is 6.07 Å². The third-order valence-electron chi connectivity index (χ3n) is 5.69. The van der Waals surface area contributed by atoms with Crippen LogP contribution in [0.25, 0.3) is 10.2 Å². The van der Waals surface area contributed by atoms with Crippen molar-refractivity contribution in [3.8, 4) is 0 Å². The summed E-state index contributed by atoms with van der Waals surface area (Å²) in [5, 5.41) is 2.81. The van der Waals surface area contributed by atoms with Crippen LogP contribution in [0, 0.1) is 0 Å². The highest BCUT2D eigenvalue weighted by Crippen LogP contribution is 2.35. The normalized spacial score (nSPS) is 19.6. The zero-order valence-electron chi connectivity index (χ0n) is 15.0. The number of hydrogen-bond acceptors (Lipinski definition) is 5. The summed E-state index contributed by atoms with van der Waals surface area (Å²) in [6, 6.07) is 4.28. The van der Waals surface area contributed by atoms with Gasteiger partial charge in [0.25, 0.3) is 5.56 Å². The molecular formula is C20H21N3O2S2. The number of carbonyl (C=O) groups excluding carboxylic acids is 1. The Morgan fingerprint density at radius 2 is 2.15 bits per heavy atom. The Hall–Kier alpha value is -1.99. The van der Waals surface area contributed by atoms with Crippen molar-refractivity contribution in [1.29, 1.82) is 0 Å². The van der Waals surface area contributed by atoms with Crippen LogP contribution in [0.5, 0.6) is 0 Å². The number of amides is 1. The predicted molar refractivity (Wildman–Crippen MR) is 109 cm³/mol. The van der Waals surface area contributed by atoms with Crippen LogP contribution in [-0.2, 0) is 24.2 Å². The molecule has 5 nitrogen and oxygen atoms in total. The summed E-state index contributed by atoms with van der Waals surface area (Å²) in [5.41, 5.74) is 1.12. The number of nitrogens with zero attached hydrogens (tertiary/aromatic N) is 3. The first-order valence-electron chi connectivity index (χ1n) is 9.55. The molecule has 0 saturated carbocycles. The van der Waals surface area contributed by atoms with Crippen molar-refractivity contribution in [3.05, 3.63) is 49.5 Å². The molecule has 1 atom stereocenters. The van der Waals surface area contributed by atoms with Crippen molar-refractivity contribution in [3.63, 3.8) is 0 Å². The summed E-state index contributed by atoms with van der Waals surface area (Å²) < 4.78 is 1.51. The van der Waals surface area contributed by atoms with E-state index in [0.717, 1.165) is 48.9 Å². The lowest BCUT2D eigenvalue weighted by molar-refractivity contribution is -0.132. The van der Waals surface area contributed by atoms with Crippen LogP contribution in [0.15, 0.2) is 28.6 Å². The number of hydrogen-bond donors (Lipinski definition) is 0. The quantitative estimate of drug-likeness (QED) is 0.674. The van der Waals surface area contributed by atoms with Crippen molar-refractivity contribution in [2.24, 2.45) is 0 Å². The molecule has 0 bridgehead atoms. The second-order valence-electron chi connectivity index (χ2n) is 7.33. The molecule has 0 spiro atoms. The van der Waals surface area contributed by atoms with E-state index in [9.17, 15) is 9.59 Å². The van der Waals surface area contributed by atoms with E-state index in [-0.39, 0.29) is 24.1 Å². The topological polar surface area (TPSA) is 55.2 Å². The van der Waals surface area contributed by atoms with E-state index in [4.69, 9.17) is 0 Å². The van der Waals surface area contributed by atoms with Crippen LogP contribution in [-0.4, -0.2) is 26.9 Å². The summed E-state index contributed by atoms with van der Waals surface area (Å²) in [6.45, 7) is 0.841. The fourth-order valence-corrected chi connectivity index (χ4v) is 6.47. The van der Waals surface area contributed by atoms with Gasteiger partial charge in [0.1, 0.15) is 11.4 Å². The Bertz CT molecular complexity index is 1050. The Morgan fingerprint density at radius 1 is 1.26 bits per heavy atom. The highest BCUT2D eigenvalue weighted by molar-refractivity contribution is 7.18. The number of likely N-dealkylation sites (tertiary alicyclic amines) is 1. The van der Waals surface area contributed by atoms with E-state index < -0.39 is 0 Å². The van der Waals surface area contributed by atoms with Gasteiger partial charge in [-0.05, 0) is 55.5 Å². The molecule has 1 amide bonds. The van der Waals surface area contributed by atoms with Crippen LogP contribution >= 0.6 is 22.7 Å². The lowest BCUT2D eigenvalue weighted by Gasteiger charge is -2.24. The fourth-order valence-electron chi connectivity index (χ4n) is 4.37. The van der Waals surface area contributed by atoms with Gasteiger partial charge >= 0.3 is 0 Å². The molecule has 0 N–H and O–H groups in total. The minimum atomic E-state index is -0.0559. The van der Waals surface area contributed by atoms with Gasteiger partial charge in [-0.3, -0.25) is 14.2 Å². The van der Waals surface area contributed by atoms with Crippen LogP contribution in [0.2, 0.25) is 0 Å². The maximum Gasteiger partial charge on any atom is 0.262 e. The van der Waals surface area contributed by atoms with Gasteiger partial charge in [0.2, 0.25) is 5.91 Å². The number of aryl methyl sites for hydroxylation is 2. The molecule has 5 rings (SSSR count). The molecule has 7 heteroatoms. The van der Waals surface area contributed by atoms with Gasteiger partial charge in [0.05, 0.1) is 17.8 Å². The van der Waals surface area contributed by atoms with Gasteiger partial charge < -0.3 is 4.90 Å². The van der Waals surface area contributed by atoms with Gasteiger partial charge in [-0.15, -0.1) is 22.7 Å². The largest absolute Gasteiger partial charge is 0.333 e. The molecule has 1 unspecified atom stereocenters. The van der Waals surface area contributed by atoms with Crippen molar-refractivity contribution in [1.82, 2.24) is 14.5 Å². The molecule has 2 aliphatic rings. The van der Waals surface area contributed by atoms with Gasteiger partial charge in [0.15, 0.2) is 0 Å². The van der Waals surface area contributed by atoms with Crippen molar-refractivity contribution in [2.75, 3.05) is 6.54 Å². The van der Waals surface area contributed by atoms with Crippen LogP contribution < -0.4 is 5.56 Å². The molecule has 140 valence electrons. The Kier molecular flexibility index (Phi) is 4.36. The number of carbonyl (C=O) groups is 1. The Labute approximate surface area is 165 Å². The van der Waals surface area contributed by atoms with E-state index in [1.165, 1.54) is 26.3 Å². The van der Waals surface area contributed by atoms with Crippen LogP contribution in [0.1, 0.15) is 47.0 Å². The number of fused-ring (bicyclic) bond motifs is 3. The monoisotopic (exact) mass is 399 g/mol. The van der Waals surface area contributed by atoms with E-state index in [1.54, 1.807) is 29.0 Å². The minimum absolute atomic E-state index is 0.0123. The smallest absolute Gasteiger partial charge is 0.262 e. The third kappa shape index (κ3) is 2.93. The Balaban J connectivity index is 1.45. The standard InChI is InChI=1S/C20H21N3O2S2/c24-17(23-9-3-6-14(23)16-8-4-10-26-16)11-22-12-21-19-18(20(22)25)13-5-1-2-7-15(13)27-19/h4,8,10,12,14H,1-3,5-7,9,11H2. The minimum Gasteiger partial charge on any atom is -0.333 e. The molecule has 27 heavy (non-hydrogen) atoms. The molecule has 1 aliphatic carbocycles. The molecule has 1 fully saturated rings. The van der Waals surface area contributed by atoms with E-state index in [2.05, 4.69) is 16.4 Å². The average Bonchev–Trinajstić information content (AvgIpc) is 3.42. The molecule has 1 aliphatic heterocycles. The summed E-state index contributed by atoms with van der Waals surface area (Å²) in [5.74, 6) is 0.0123. The molecule has 0 aromatic carbocycles. The van der Waals surface area contributed by atoms with Crippen molar-refractivity contribution in [2.45, 2.75) is 51.1 Å². The molecule has 3 aromatic rings. The maximum absolute atomic E-state index is 13.1. The van der Waals surface area contributed by atoms with E-state index >= 15 is 0 Å². The number of thiophene rings is 2. The zero-order chi connectivity index (χ0) is 18.4. The zero-order valence-corrected chi connectivity index (χ0v) is 16.7. The maximum atomic E-state index is 13.1. The third-order valence-corrected chi connectivity index (χ3v) is 7.87. The van der Waals surface area contributed by atoms with Crippen molar-refractivity contribution < 1.29 is 4.79 Å². The second kappa shape index (κ2) is 6.87. The first-order chi connectivity index (χ1) is 13.2. The highest BCUT2D eigenvalue weighted by Gasteiger charge is 2.31. The second-order valence-corrected chi connectivity index (χ2v) is 9.39. The summed E-state index contributed by atoms with van der Waals surface area (Å²) in [6.07, 6.45) is 7.88. The molecule has 1 saturated heterocycles. The van der Waals surface area contributed by atoms with Gasteiger partial charge in [0, 0.05) is 16.3 Å². The highest BCUT2D eigenvalue weighted by atomic mass is 32.1. The SMILES string of the molecule is O=C(Cn1cnc2sc3c(c2c1=O)CCCC3)N1CCCC1c1cccs1. The number of aromatic nitrogens is 2. The van der Waals surface area contributed by atoms with Crippen LogP contribution in [0.3, 0.4) is 0 Å². The summed E-state index contributed by atoms with van der Waals surface area (Å²) >= 11 is 3.34. The first kappa shape index (κ1) is 17.1. The first-order valence-corrected chi connectivity index (χ1v) is 11.2. The molecule has 4 heterocycles. The molecule has 0 radical (unpaired) electrons. The van der Waals surface area contributed by atoms with Crippen LogP contribution in [0.4, 0.5) is 0 Å². The van der Waals surface area contributed by atoms with E-state index in [0.29, 0.717) is 0 Å². The summed E-state index contributed by atoms with van der Waals surface area (Å²) in [7, 11) is 0. The lowest BCUT2D eigenvalue weighted by Crippen LogP contribution is -2.36. The predicted octanol–water partition coefficient (Wildman–Crippen LogP) is 3.76.